The molecule has 90 valence electrons. The molecule has 0 amide bonds. The molecule has 1 aromatic carbocycles. The third kappa shape index (κ3) is 2.20. The number of hydrogen-bond donors (Lipinski definition) is 0. The third-order valence-corrected chi connectivity index (χ3v) is 3.88. The molecule has 0 N–H and O–H groups in total. The maximum Gasteiger partial charge on any atom is 0.185 e. The maximum absolute atomic E-state index is 12.5. The van der Waals surface area contributed by atoms with Gasteiger partial charge in [-0.05, 0) is 36.4 Å². The number of Topliss-reactive ketones (excluding diaryl/α,β-unsaturated/α-hetero) is 1. The van der Waals surface area contributed by atoms with Crippen LogP contribution in [0, 0.1) is 25.2 Å². The first-order valence-corrected chi connectivity index (χ1v) is 6.56. The normalized spacial score (nSPS) is 11.8. The molecule has 2 rings (SSSR count). The molecule has 0 saturated carbocycles. The number of carbonyl (C=O) groups is 1. The summed E-state index contributed by atoms with van der Waals surface area (Å²) in [5, 5.41) is 11.1. The van der Waals surface area contributed by atoms with Crippen molar-refractivity contribution in [1.82, 2.24) is 0 Å². The van der Waals surface area contributed by atoms with Gasteiger partial charge in [0.25, 0.3) is 0 Å². The molecule has 0 aliphatic heterocycles. The molecular formula is C15H13NOS. The lowest BCUT2D eigenvalue weighted by molar-refractivity contribution is 0.0978. The standard InChI is InChI=1S/C15H13NOS/c1-10-5-3-6-11(2)14(10)15(17)12(9-16)13-7-4-8-18-13/h3-8,12H,1-2H3. The van der Waals surface area contributed by atoms with E-state index >= 15 is 0 Å². The van der Waals surface area contributed by atoms with E-state index in [1.807, 2.05) is 49.6 Å². The molecule has 0 saturated heterocycles. The first-order valence-electron chi connectivity index (χ1n) is 5.68. The lowest BCUT2D eigenvalue weighted by Crippen LogP contribution is -2.13. The Morgan fingerprint density at radius 2 is 1.89 bits per heavy atom. The van der Waals surface area contributed by atoms with Crippen LogP contribution in [0.3, 0.4) is 0 Å². The monoisotopic (exact) mass is 255 g/mol. The number of carbonyl (C=O) groups excluding carboxylic acids is 1. The Kier molecular flexibility index (Phi) is 3.59. The Morgan fingerprint density at radius 1 is 1.22 bits per heavy atom. The highest BCUT2D eigenvalue weighted by atomic mass is 32.1. The zero-order valence-corrected chi connectivity index (χ0v) is 11.1. The van der Waals surface area contributed by atoms with Crippen molar-refractivity contribution in [2.24, 2.45) is 0 Å². The van der Waals surface area contributed by atoms with Gasteiger partial charge >= 0.3 is 0 Å². The second kappa shape index (κ2) is 5.16. The molecule has 0 bridgehead atoms. The highest BCUT2D eigenvalue weighted by molar-refractivity contribution is 7.10. The zero-order valence-electron chi connectivity index (χ0n) is 10.3. The van der Waals surface area contributed by atoms with E-state index in [0.717, 1.165) is 16.0 Å². The number of hydrogen-bond acceptors (Lipinski definition) is 3. The molecule has 0 fully saturated rings. The summed E-state index contributed by atoms with van der Waals surface area (Å²) in [5.74, 6) is -0.791. The largest absolute Gasteiger partial charge is 0.292 e. The first kappa shape index (κ1) is 12.5. The average Bonchev–Trinajstić information content (AvgIpc) is 2.83. The molecule has 1 atom stereocenters. The smallest absolute Gasteiger partial charge is 0.185 e. The Bertz CT molecular complexity index is 588. The minimum atomic E-state index is -0.690. The van der Waals surface area contributed by atoms with Crippen LogP contribution < -0.4 is 0 Å². The fourth-order valence-electron chi connectivity index (χ4n) is 2.05. The van der Waals surface area contributed by atoms with Gasteiger partial charge in [0.15, 0.2) is 5.78 Å². The summed E-state index contributed by atoms with van der Waals surface area (Å²) in [5.41, 5.74) is 2.53. The highest BCUT2D eigenvalue weighted by Crippen LogP contribution is 2.27. The molecule has 2 nitrogen and oxygen atoms in total. The van der Waals surface area contributed by atoms with Gasteiger partial charge in [-0.15, -0.1) is 11.3 Å². The van der Waals surface area contributed by atoms with E-state index in [1.54, 1.807) is 0 Å². The van der Waals surface area contributed by atoms with Crippen molar-refractivity contribution in [1.29, 1.82) is 5.26 Å². The summed E-state index contributed by atoms with van der Waals surface area (Å²) in [6.45, 7) is 3.81. The van der Waals surface area contributed by atoms with Crippen LogP contribution in [0.1, 0.15) is 32.3 Å². The maximum atomic E-state index is 12.5. The second-order valence-corrected chi connectivity index (χ2v) is 5.19. The van der Waals surface area contributed by atoms with Gasteiger partial charge in [0.05, 0.1) is 6.07 Å². The molecule has 0 spiro atoms. The number of nitrogens with zero attached hydrogens (tertiary/aromatic N) is 1. The van der Waals surface area contributed by atoms with Gasteiger partial charge in [-0.1, -0.05) is 24.3 Å². The molecule has 0 aliphatic carbocycles. The highest BCUT2D eigenvalue weighted by Gasteiger charge is 2.24. The minimum Gasteiger partial charge on any atom is -0.292 e. The van der Waals surface area contributed by atoms with E-state index in [2.05, 4.69) is 6.07 Å². The number of thiophene rings is 1. The van der Waals surface area contributed by atoms with Crippen molar-refractivity contribution in [2.75, 3.05) is 0 Å². The van der Waals surface area contributed by atoms with Crippen LogP contribution in [-0.2, 0) is 0 Å². The van der Waals surface area contributed by atoms with E-state index in [1.165, 1.54) is 11.3 Å². The van der Waals surface area contributed by atoms with E-state index in [0.29, 0.717) is 5.56 Å². The number of ketones is 1. The topological polar surface area (TPSA) is 40.9 Å². The summed E-state index contributed by atoms with van der Waals surface area (Å²) in [6.07, 6.45) is 0. The fraction of sp³-hybridized carbons (Fsp3) is 0.200. The van der Waals surface area contributed by atoms with Crippen molar-refractivity contribution < 1.29 is 4.79 Å². The van der Waals surface area contributed by atoms with Crippen LogP contribution in [0.4, 0.5) is 0 Å². The van der Waals surface area contributed by atoms with E-state index in [4.69, 9.17) is 0 Å². The fourth-order valence-corrected chi connectivity index (χ4v) is 2.82. The van der Waals surface area contributed by atoms with E-state index < -0.39 is 5.92 Å². The Hall–Kier alpha value is -1.92. The quantitative estimate of drug-likeness (QED) is 0.781. The zero-order chi connectivity index (χ0) is 13.1. The summed E-state index contributed by atoms with van der Waals surface area (Å²) in [6, 6.07) is 11.6. The molecule has 2 aromatic rings. The molecule has 1 unspecified atom stereocenters. The summed E-state index contributed by atoms with van der Waals surface area (Å²) < 4.78 is 0. The van der Waals surface area contributed by atoms with Crippen molar-refractivity contribution in [3.8, 4) is 6.07 Å². The van der Waals surface area contributed by atoms with Crippen molar-refractivity contribution in [3.05, 3.63) is 57.3 Å². The number of benzene rings is 1. The lowest BCUT2D eigenvalue weighted by atomic mass is 9.91. The van der Waals surface area contributed by atoms with Crippen LogP contribution in [0.25, 0.3) is 0 Å². The Morgan fingerprint density at radius 3 is 2.39 bits per heavy atom. The summed E-state index contributed by atoms with van der Waals surface area (Å²) in [7, 11) is 0. The van der Waals surface area contributed by atoms with E-state index in [9.17, 15) is 10.1 Å². The molecule has 18 heavy (non-hydrogen) atoms. The number of aryl methyl sites for hydroxylation is 2. The van der Waals surface area contributed by atoms with Crippen molar-refractivity contribution in [2.45, 2.75) is 19.8 Å². The lowest BCUT2D eigenvalue weighted by Gasteiger charge is -2.11. The molecule has 1 aromatic heterocycles. The van der Waals surface area contributed by atoms with Gasteiger partial charge < -0.3 is 0 Å². The Balaban J connectivity index is 2.46. The number of rotatable bonds is 3. The predicted octanol–water partition coefficient (Wildman–Crippen LogP) is 3.86. The SMILES string of the molecule is Cc1cccc(C)c1C(=O)C(C#N)c1cccs1. The first-order chi connectivity index (χ1) is 8.65. The van der Waals surface area contributed by atoms with E-state index in [-0.39, 0.29) is 5.78 Å². The molecular weight excluding hydrogens is 242 g/mol. The second-order valence-electron chi connectivity index (χ2n) is 4.21. The van der Waals surface area contributed by atoms with Crippen molar-refractivity contribution in [3.63, 3.8) is 0 Å². The third-order valence-electron chi connectivity index (χ3n) is 2.95. The van der Waals surface area contributed by atoms with Gasteiger partial charge in [-0.3, -0.25) is 4.79 Å². The van der Waals surface area contributed by atoms with Gasteiger partial charge in [0, 0.05) is 10.4 Å². The minimum absolute atomic E-state index is 0.101. The molecule has 3 heteroatoms. The molecule has 0 radical (unpaired) electrons. The van der Waals surface area contributed by atoms with Gasteiger partial charge in [0.2, 0.25) is 0 Å². The number of nitriles is 1. The van der Waals surface area contributed by atoms with Crippen LogP contribution in [0.15, 0.2) is 35.7 Å². The predicted molar refractivity (Wildman–Crippen MR) is 72.9 cm³/mol. The van der Waals surface area contributed by atoms with Gasteiger partial charge in [0.1, 0.15) is 5.92 Å². The molecule has 1 heterocycles. The summed E-state index contributed by atoms with van der Waals surface area (Å²) >= 11 is 1.45. The van der Waals surface area contributed by atoms with Gasteiger partial charge in [-0.25, -0.2) is 0 Å². The van der Waals surface area contributed by atoms with Crippen LogP contribution in [-0.4, -0.2) is 5.78 Å². The average molecular weight is 255 g/mol. The van der Waals surface area contributed by atoms with Crippen LogP contribution in [0.5, 0.6) is 0 Å². The molecule has 0 aliphatic rings. The summed E-state index contributed by atoms with van der Waals surface area (Å²) in [4.78, 5) is 13.3. The van der Waals surface area contributed by atoms with Crippen LogP contribution >= 0.6 is 11.3 Å². The van der Waals surface area contributed by atoms with Gasteiger partial charge in [-0.2, -0.15) is 5.26 Å². The van der Waals surface area contributed by atoms with Crippen LogP contribution in [0.2, 0.25) is 0 Å². The Labute approximate surface area is 111 Å². The van der Waals surface area contributed by atoms with Crippen molar-refractivity contribution >= 4 is 17.1 Å².